The third kappa shape index (κ3) is 6.39. The van der Waals surface area contributed by atoms with Gasteiger partial charge >= 0.3 is 37.7 Å². The van der Waals surface area contributed by atoms with Gasteiger partial charge in [-0.2, -0.15) is 0 Å². The van der Waals surface area contributed by atoms with Crippen LogP contribution in [0.15, 0.2) is 119 Å². The summed E-state index contributed by atoms with van der Waals surface area (Å²) < 4.78 is 11.0. The first-order chi connectivity index (χ1) is 20.3. The summed E-state index contributed by atoms with van der Waals surface area (Å²) in [6, 6.07) is 29.6. The fraction of sp³-hybridized carbons (Fsp3) is 0.0667. The van der Waals surface area contributed by atoms with Crippen molar-refractivity contribution in [3.63, 3.8) is 0 Å². The van der Waals surface area contributed by atoms with Crippen molar-refractivity contribution in [2.45, 2.75) is 11.4 Å². The molecular formula is C30H22Li2N4O8. The zero-order chi connectivity index (χ0) is 29.7. The van der Waals surface area contributed by atoms with Crippen LogP contribution in [0.25, 0.3) is 0 Å². The maximum Gasteiger partial charge on any atom is 1.00 e. The Hall–Kier alpha value is -4.85. The van der Waals surface area contributed by atoms with E-state index < -0.39 is 23.4 Å². The topological polar surface area (TPSA) is 188 Å². The van der Waals surface area contributed by atoms with Gasteiger partial charge in [0.05, 0.1) is 11.1 Å². The summed E-state index contributed by atoms with van der Waals surface area (Å²) >= 11 is 0. The summed E-state index contributed by atoms with van der Waals surface area (Å²) in [6.07, 6.45) is 0. The van der Waals surface area contributed by atoms with E-state index in [0.717, 1.165) is 0 Å². The van der Waals surface area contributed by atoms with Gasteiger partial charge in [0.2, 0.25) is 11.8 Å². The zero-order valence-electron chi connectivity index (χ0n) is 23.6. The summed E-state index contributed by atoms with van der Waals surface area (Å²) in [6.45, 7) is 0. The average molecular weight is 580 g/mol. The van der Waals surface area contributed by atoms with Gasteiger partial charge in [0.25, 0.3) is 11.4 Å². The van der Waals surface area contributed by atoms with Crippen molar-refractivity contribution in [3.05, 3.63) is 131 Å². The van der Waals surface area contributed by atoms with Gasteiger partial charge in [-0.25, -0.2) is 0 Å². The second kappa shape index (κ2) is 14.1. The Kier molecular flexibility index (Phi) is 10.8. The number of para-hydroxylation sites is 2. The van der Waals surface area contributed by atoms with Gasteiger partial charge in [0, 0.05) is 11.1 Å². The first-order valence-corrected chi connectivity index (χ1v) is 12.5. The standard InChI is InChI=1S/2C15H12N2O4.2Li/c2*18-12-9-5-4-8-11(12)15(14(19)20)17-16-13(21-15)10-6-2-1-3-7-10;;/h2*1-9,17-18H,(H,19,20);;/q;;2*+1/p-2. The number of nitrogens with one attached hydrogen (secondary N) is 2. The SMILES string of the molecule is O=C([O-])C1(c2ccccc2O)NN=C(c2ccccc2)O1.O=C([O-])C1(c2ccccc2O)NN=C(c2ccccc2)O1.[Li+].[Li+]. The first kappa shape index (κ1) is 33.7. The number of rotatable bonds is 6. The van der Waals surface area contributed by atoms with Crippen LogP contribution in [-0.2, 0) is 30.5 Å². The van der Waals surface area contributed by atoms with E-state index in [1.807, 2.05) is 12.1 Å². The maximum atomic E-state index is 11.6. The van der Waals surface area contributed by atoms with Gasteiger partial charge < -0.3 is 39.5 Å². The molecule has 4 aromatic rings. The van der Waals surface area contributed by atoms with E-state index in [9.17, 15) is 30.0 Å². The number of carbonyl (C=O) groups is 2. The van der Waals surface area contributed by atoms with Gasteiger partial charge in [-0.05, 0) is 48.5 Å². The van der Waals surface area contributed by atoms with Crippen LogP contribution in [0.2, 0.25) is 0 Å². The average Bonchev–Trinajstić information content (AvgIpc) is 3.67. The Morgan fingerprint density at radius 3 is 1.20 bits per heavy atom. The molecule has 2 heterocycles. The van der Waals surface area contributed by atoms with E-state index in [-0.39, 0.29) is 72.1 Å². The van der Waals surface area contributed by atoms with Crippen LogP contribution >= 0.6 is 0 Å². The van der Waals surface area contributed by atoms with Crippen molar-refractivity contribution in [3.8, 4) is 11.5 Å². The summed E-state index contributed by atoms with van der Waals surface area (Å²) in [5, 5.41) is 50.7. The number of phenols is 2. The number of carbonyl (C=O) groups excluding carboxylic acids is 2. The molecule has 0 radical (unpaired) electrons. The number of hydrogen-bond acceptors (Lipinski definition) is 12. The molecule has 4 aromatic carbocycles. The molecule has 0 aromatic heterocycles. The maximum absolute atomic E-state index is 11.6. The number of carboxylic acids is 2. The number of nitrogens with zero attached hydrogens (tertiary/aromatic N) is 2. The largest absolute Gasteiger partial charge is 1.00 e. The molecule has 0 bridgehead atoms. The normalized spacial score (nSPS) is 19.4. The Labute approximate surface area is 275 Å². The molecule has 0 saturated carbocycles. The molecule has 0 saturated heterocycles. The van der Waals surface area contributed by atoms with Crippen LogP contribution in [0.4, 0.5) is 0 Å². The quantitative estimate of drug-likeness (QED) is 0.160. The first-order valence-electron chi connectivity index (χ1n) is 12.5. The van der Waals surface area contributed by atoms with Crippen LogP contribution in [0.1, 0.15) is 22.3 Å². The minimum Gasteiger partial charge on any atom is -0.544 e. The minimum absolute atomic E-state index is 0. The minimum atomic E-state index is -2.05. The Balaban J connectivity index is 0.000000230. The van der Waals surface area contributed by atoms with E-state index in [4.69, 9.17) is 9.47 Å². The van der Waals surface area contributed by atoms with Gasteiger partial charge in [-0.1, -0.05) is 60.7 Å². The molecule has 0 aliphatic carbocycles. The number of hydrogen-bond donors (Lipinski definition) is 4. The number of phenolic OH excluding ortho intramolecular Hbond substituents is 2. The van der Waals surface area contributed by atoms with Crippen molar-refractivity contribution >= 4 is 23.7 Å². The zero-order valence-corrected chi connectivity index (χ0v) is 23.6. The molecule has 2 aliphatic heterocycles. The fourth-order valence-electron chi connectivity index (χ4n) is 4.22. The second-order valence-electron chi connectivity index (χ2n) is 8.97. The monoisotopic (exact) mass is 580 g/mol. The Morgan fingerprint density at radius 2 is 0.886 bits per heavy atom. The van der Waals surface area contributed by atoms with Crippen molar-refractivity contribution in [2.75, 3.05) is 0 Å². The van der Waals surface area contributed by atoms with Crippen LogP contribution < -0.4 is 58.8 Å². The molecule has 0 spiro atoms. The summed E-state index contributed by atoms with van der Waals surface area (Å²) in [7, 11) is 0. The number of benzene rings is 4. The molecule has 12 nitrogen and oxygen atoms in total. The van der Waals surface area contributed by atoms with Gasteiger partial charge in [-0.3, -0.25) is 10.9 Å². The molecule has 44 heavy (non-hydrogen) atoms. The number of aromatic hydroxyl groups is 2. The number of carboxylic acid groups (broad SMARTS) is 2. The van der Waals surface area contributed by atoms with Crippen LogP contribution in [0, 0.1) is 0 Å². The van der Waals surface area contributed by atoms with Crippen molar-refractivity contribution in [1.29, 1.82) is 0 Å². The third-order valence-electron chi connectivity index (χ3n) is 6.31. The van der Waals surface area contributed by atoms with E-state index in [1.54, 1.807) is 72.8 Å². The molecule has 212 valence electrons. The van der Waals surface area contributed by atoms with Crippen LogP contribution in [0.5, 0.6) is 11.5 Å². The van der Waals surface area contributed by atoms with E-state index in [0.29, 0.717) is 11.1 Å². The molecular weight excluding hydrogens is 558 g/mol. The smallest absolute Gasteiger partial charge is 0.544 e. The van der Waals surface area contributed by atoms with Gasteiger partial charge in [-0.15, -0.1) is 10.2 Å². The molecule has 14 heteroatoms. The fourth-order valence-corrected chi connectivity index (χ4v) is 4.22. The molecule has 6 rings (SSSR count). The van der Waals surface area contributed by atoms with Gasteiger partial charge in [0.15, 0.2) is 0 Å². The van der Waals surface area contributed by atoms with E-state index in [1.165, 1.54) is 24.3 Å². The molecule has 0 fully saturated rings. The summed E-state index contributed by atoms with van der Waals surface area (Å²) in [5.74, 6) is -3.30. The number of ether oxygens (including phenoxy) is 2. The predicted octanol–water partition coefficient (Wildman–Crippen LogP) is -5.44. The summed E-state index contributed by atoms with van der Waals surface area (Å²) in [4.78, 5) is 23.1. The van der Waals surface area contributed by atoms with E-state index in [2.05, 4.69) is 21.1 Å². The van der Waals surface area contributed by atoms with Crippen molar-refractivity contribution in [2.24, 2.45) is 10.2 Å². The Bertz CT molecular complexity index is 1570. The van der Waals surface area contributed by atoms with Crippen molar-refractivity contribution < 1.29 is 77.2 Å². The van der Waals surface area contributed by atoms with Gasteiger partial charge in [0.1, 0.15) is 23.4 Å². The summed E-state index contributed by atoms with van der Waals surface area (Å²) in [5.41, 5.74) is 2.03. The molecule has 2 aliphatic rings. The molecule has 2 unspecified atom stereocenters. The predicted molar refractivity (Wildman–Crippen MR) is 144 cm³/mol. The number of hydrazone groups is 2. The van der Waals surface area contributed by atoms with Crippen molar-refractivity contribution in [1.82, 2.24) is 10.9 Å². The van der Waals surface area contributed by atoms with E-state index >= 15 is 0 Å². The molecule has 0 amide bonds. The third-order valence-corrected chi connectivity index (χ3v) is 6.31. The number of aliphatic carboxylic acids is 2. The second-order valence-corrected chi connectivity index (χ2v) is 8.97. The van der Waals surface area contributed by atoms with Crippen LogP contribution in [-0.4, -0.2) is 33.9 Å². The molecule has 4 N–H and O–H groups in total. The molecule has 2 atom stereocenters. The Morgan fingerprint density at radius 1 is 0.568 bits per heavy atom. The van der Waals surface area contributed by atoms with Crippen LogP contribution in [0.3, 0.4) is 0 Å².